The van der Waals surface area contributed by atoms with Crippen LogP contribution in [-0.2, 0) is 0 Å². The van der Waals surface area contributed by atoms with E-state index in [2.05, 4.69) is 10.6 Å². The Hall–Kier alpha value is -3.23. The molecule has 1 amide bonds. The number of hydrogen-bond donors (Lipinski definition) is 2. The lowest BCUT2D eigenvalue weighted by atomic mass is 10.2. The number of fused-ring (bicyclic) bond motifs is 1. The van der Waals surface area contributed by atoms with Crippen molar-refractivity contribution in [2.75, 3.05) is 5.32 Å². The van der Waals surface area contributed by atoms with Crippen molar-refractivity contribution in [3.8, 4) is 21.9 Å². The summed E-state index contributed by atoms with van der Waals surface area (Å²) < 4.78 is 6.79. The van der Waals surface area contributed by atoms with Gasteiger partial charge in [-0.3, -0.25) is 10.1 Å². The zero-order valence-corrected chi connectivity index (χ0v) is 20.5. The van der Waals surface area contributed by atoms with E-state index in [1.807, 2.05) is 48.5 Å². The summed E-state index contributed by atoms with van der Waals surface area (Å²) in [5, 5.41) is 7.50. The van der Waals surface area contributed by atoms with Gasteiger partial charge in [-0.1, -0.05) is 53.5 Å². The summed E-state index contributed by atoms with van der Waals surface area (Å²) in [6.45, 7) is 0. The minimum absolute atomic E-state index is 0.0923. The van der Waals surface area contributed by atoms with Crippen LogP contribution in [0.25, 0.3) is 32.1 Å². The van der Waals surface area contributed by atoms with Gasteiger partial charge in [0.1, 0.15) is 10.8 Å². The second kappa shape index (κ2) is 9.56. The number of benzene rings is 3. The van der Waals surface area contributed by atoms with Gasteiger partial charge in [0, 0.05) is 11.1 Å². The fourth-order valence-electron chi connectivity index (χ4n) is 3.38. The number of aromatic nitrogens is 1. The van der Waals surface area contributed by atoms with Crippen molar-refractivity contribution >= 4 is 73.7 Å². The number of carbonyl (C=O) groups excluding carboxylic acids is 1. The largest absolute Gasteiger partial charge is 0.451 e. The van der Waals surface area contributed by atoms with Crippen LogP contribution in [0.5, 0.6) is 0 Å². The second-order valence-corrected chi connectivity index (χ2v) is 9.43. The first-order valence-corrected chi connectivity index (χ1v) is 12.1. The summed E-state index contributed by atoms with van der Waals surface area (Å²) in [5.41, 5.74) is 3.15. The highest BCUT2D eigenvalue weighted by atomic mass is 35.5. The highest BCUT2D eigenvalue weighted by molar-refractivity contribution is 7.80. The Kier molecular flexibility index (Phi) is 6.34. The zero-order chi connectivity index (χ0) is 23.7. The maximum absolute atomic E-state index is 12.7. The van der Waals surface area contributed by atoms with E-state index in [0.717, 1.165) is 26.5 Å². The lowest BCUT2D eigenvalue weighted by molar-refractivity contribution is 0.0951. The minimum atomic E-state index is -0.487. The van der Waals surface area contributed by atoms with Crippen molar-refractivity contribution in [3.63, 3.8) is 0 Å². The Labute approximate surface area is 214 Å². The molecule has 0 aliphatic rings. The summed E-state index contributed by atoms with van der Waals surface area (Å²) in [7, 11) is 0. The Morgan fingerprint density at radius 3 is 2.53 bits per heavy atom. The molecule has 0 saturated heterocycles. The Morgan fingerprint density at radius 2 is 1.68 bits per heavy atom. The number of nitrogens with one attached hydrogen (secondary N) is 2. The predicted octanol–water partition coefficient (Wildman–Crippen LogP) is 7.66. The first kappa shape index (κ1) is 22.6. The van der Waals surface area contributed by atoms with E-state index in [1.165, 1.54) is 0 Å². The molecule has 2 aromatic heterocycles. The molecule has 0 fully saturated rings. The van der Waals surface area contributed by atoms with E-state index in [9.17, 15) is 4.79 Å². The maximum Gasteiger partial charge on any atom is 0.293 e. The number of thiazole rings is 1. The van der Waals surface area contributed by atoms with Crippen molar-refractivity contribution in [1.29, 1.82) is 0 Å². The number of anilines is 1. The van der Waals surface area contributed by atoms with Gasteiger partial charge in [-0.25, -0.2) is 4.98 Å². The average molecular weight is 524 g/mol. The molecule has 3 aromatic carbocycles. The second-order valence-electron chi connectivity index (χ2n) is 7.21. The number of para-hydroxylation sites is 2. The Morgan fingerprint density at radius 1 is 0.912 bits per heavy atom. The predicted molar refractivity (Wildman–Crippen MR) is 143 cm³/mol. The molecule has 2 N–H and O–H groups in total. The molecule has 0 spiro atoms. The van der Waals surface area contributed by atoms with Crippen molar-refractivity contribution in [2.45, 2.75) is 0 Å². The van der Waals surface area contributed by atoms with E-state index in [-0.39, 0.29) is 10.9 Å². The normalized spacial score (nSPS) is 10.9. The van der Waals surface area contributed by atoms with Crippen LogP contribution >= 0.6 is 46.8 Å². The minimum Gasteiger partial charge on any atom is -0.451 e. The lowest BCUT2D eigenvalue weighted by Crippen LogP contribution is -2.34. The van der Waals surface area contributed by atoms with E-state index < -0.39 is 5.91 Å². The van der Waals surface area contributed by atoms with E-state index in [0.29, 0.717) is 21.4 Å². The fourth-order valence-corrected chi connectivity index (χ4v) is 4.98. The first-order chi connectivity index (χ1) is 16.5. The SMILES string of the molecule is O=C(NC(=S)Nc1ccccc1-c1nc2ccccc2s1)c1ccc(-c2cccc(Cl)c2Cl)o1. The van der Waals surface area contributed by atoms with Crippen molar-refractivity contribution < 1.29 is 9.21 Å². The van der Waals surface area contributed by atoms with Crippen LogP contribution < -0.4 is 10.6 Å². The van der Waals surface area contributed by atoms with Gasteiger partial charge >= 0.3 is 0 Å². The van der Waals surface area contributed by atoms with Crippen molar-refractivity contribution in [3.05, 3.63) is 94.7 Å². The number of thiocarbonyl (C=S) groups is 1. The molecule has 0 unspecified atom stereocenters. The average Bonchev–Trinajstić information content (AvgIpc) is 3.49. The number of carbonyl (C=O) groups is 1. The molecular formula is C25H15Cl2N3O2S2. The summed E-state index contributed by atoms with van der Waals surface area (Å²) >= 11 is 19.3. The summed E-state index contributed by atoms with van der Waals surface area (Å²) in [5.74, 6) is 0.0340. The molecule has 5 aromatic rings. The molecule has 0 saturated carbocycles. The maximum atomic E-state index is 12.7. The van der Waals surface area contributed by atoms with Gasteiger partial charge in [-0.2, -0.15) is 0 Å². The molecule has 5 rings (SSSR count). The zero-order valence-electron chi connectivity index (χ0n) is 17.3. The van der Waals surface area contributed by atoms with Crippen LogP contribution in [0.4, 0.5) is 5.69 Å². The quantitative estimate of drug-likeness (QED) is 0.236. The van der Waals surface area contributed by atoms with Crippen molar-refractivity contribution in [1.82, 2.24) is 10.3 Å². The van der Waals surface area contributed by atoms with Gasteiger partial charge in [-0.05, 0) is 60.7 Å². The Balaban J connectivity index is 1.32. The van der Waals surface area contributed by atoms with Crippen molar-refractivity contribution in [2.24, 2.45) is 0 Å². The van der Waals surface area contributed by atoms with Crippen LogP contribution in [0.1, 0.15) is 10.6 Å². The molecule has 0 bridgehead atoms. The number of hydrogen-bond acceptors (Lipinski definition) is 5. The molecule has 0 aliphatic carbocycles. The number of nitrogens with zero attached hydrogens (tertiary/aromatic N) is 1. The van der Waals surface area contributed by atoms with E-state index >= 15 is 0 Å². The molecule has 168 valence electrons. The third-order valence-corrected chi connectivity index (χ3v) is 7.07. The molecule has 5 nitrogen and oxygen atoms in total. The number of rotatable bonds is 4. The highest BCUT2D eigenvalue weighted by Crippen LogP contribution is 2.35. The fraction of sp³-hybridized carbons (Fsp3) is 0. The van der Waals surface area contributed by atoms with Crippen LogP contribution in [-0.4, -0.2) is 16.0 Å². The third kappa shape index (κ3) is 4.56. The Bertz CT molecular complexity index is 1510. The van der Waals surface area contributed by atoms with Gasteiger partial charge in [0.05, 0.1) is 25.9 Å². The van der Waals surface area contributed by atoms with Gasteiger partial charge < -0.3 is 9.73 Å². The third-order valence-electron chi connectivity index (χ3n) is 4.97. The summed E-state index contributed by atoms with van der Waals surface area (Å²) in [4.78, 5) is 17.4. The summed E-state index contributed by atoms with van der Waals surface area (Å²) in [6, 6.07) is 24.0. The molecular weight excluding hydrogens is 509 g/mol. The van der Waals surface area contributed by atoms with Crippen LogP contribution in [0, 0.1) is 0 Å². The monoisotopic (exact) mass is 523 g/mol. The van der Waals surface area contributed by atoms with Crippen LogP contribution in [0.15, 0.2) is 83.3 Å². The smallest absolute Gasteiger partial charge is 0.293 e. The first-order valence-electron chi connectivity index (χ1n) is 10.1. The van der Waals surface area contributed by atoms with E-state index in [1.54, 1.807) is 41.7 Å². The molecule has 2 heterocycles. The standard InChI is InChI=1S/C25H15Cl2N3O2S2/c26-16-8-5-7-15(22(16)27)19-12-13-20(32-19)23(31)30-25(33)29-17-9-2-1-6-14(17)24-28-18-10-3-4-11-21(18)34-24/h1-13H,(H2,29,30,31,33). The van der Waals surface area contributed by atoms with Crippen LogP contribution in [0.2, 0.25) is 10.0 Å². The van der Waals surface area contributed by atoms with Gasteiger partial charge in [0.25, 0.3) is 5.91 Å². The molecule has 0 radical (unpaired) electrons. The molecule has 0 aliphatic heterocycles. The highest BCUT2D eigenvalue weighted by Gasteiger charge is 2.17. The number of halogens is 2. The van der Waals surface area contributed by atoms with Gasteiger partial charge in [-0.15, -0.1) is 11.3 Å². The van der Waals surface area contributed by atoms with E-state index in [4.69, 9.17) is 44.8 Å². The van der Waals surface area contributed by atoms with Gasteiger partial charge in [0.2, 0.25) is 0 Å². The lowest BCUT2D eigenvalue weighted by Gasteiger charge is -2.11. The topological polar surface area (TPSA) is 67.2 Å². The number of amides is 1. The molecule has 34 heavy (non-hydrogen) atoms. The summed E-state index contributed by atoms with van der Waals surface area (Å²) in [6.07, 6.45) is 0. The van der Waals surface area contributed by atoms with Crippen LogP contribution in [0.3, 0.4) is 0 Å². The van der Waals surface area contributed by atoms with Gasteiger partial charge in [0.15, 0.2) is 10.9 Å². The molecule has 0 atom stereocenters. The molecule has 9 heteroatoms. The number of furan rings is 1.